The lowest BCUT2D eigenvalue weighted by molar-refractivity contribution is -0.293. The van der Waals surface area contributed by atoms with E-state index in [9.17, 15) is 35.9 Å². The number of hydrogen-bond donors (Lipinski definition) is 0. The molecular formula is C20H16F6N2O3. The smallest absolute Gasteiger partial charge is 0.403 e. The van der Waals surface area contributed by atoms with Gasteiger partial charge in [-0.15, -0.1) is 0 Å². The molecule has 0 saturated carbocycles. The number of imide groups is 1. The number of amides is 3. The van der Waals surface area contributed by atoms with Crippen molar-refractivity contribution in [1.82, 2.24) is 4.90 Å². The minimum Gasteiger partial charge on any atom is -0.497 e. The Labute approximate surface area is 172 Å². The molecule has 1 atom stereocenters. The van der Waals surface area contributed by atoms with Crippen LogP contribution in [0.15, 0.2) is 54.6 Å². The summed E-state index contributed by atoms with van der Waals surface area (Å²) in [5.74, 6) is -5.32. The number of rotatable bonds is 5. The zero-order valence-corrected chi connectivity index (χ0v) is 15.9. The van der Waals surface area contributed by atoms with Gasteiger partial charge in [0.25, 0.3) is 5.91 Å². The van der Waals surface area contributed by atoms with Crippen LogP contribution in [0.4, 0.5) is 36.8 Å². The van der Waals surface area contributed by atoms with Crippen LogP contribution in [-0.2, 0) is 11.3 Å². The molecular weight excluding hydrogens is 430 g/mol. The van der Waals surface area contributed by atoms with Crippen molar-refractivity contribution in [2.75, 3.05) is 12.0 Å². The van der Waals surface area contributed by atoms with Crippen LogP contribution in [-0.4, -0.2) is 42.3 Å². The van der Waals surface area contributed by atoms with Gasteiger partial charge in [0.2, 0.25) is 0 Å². The fraction of sp³-hybridized carbons (Fsp3) is 0.300. The number of hydrogen-bond acceptors (Lipinski definition) is 3. The van der Waals surface area contributed by atoms with Crippen molar-refractivity contribution in [3.05, 3.63) is 60.2 Å². The average Bonchev–Trinajstić information content (AvgIpc) is 2.91. The molecule has 1 aliphatic rings. The third-order valence-corrected chi connectivity index (χ3v) is 4.79. The normalized spacial score (nSPS) is 17.6. The highest BCUT2D eigenvalue weighted by Crippen LogP contribution is 2.46. The summed E-state index contributed by atoms with van der Waals surface area (Å²) in [6.45, 7) is -0.606. The molecule has 0 aliphatic carbocycles. The molecule has 0 spiro atoms. The number of nitrogens with zero attached hydrogens (tertiary/aromatic N) is 2. The van der Waals surface area contributed by atoms with E-state index in [1.54, 1.807) is 6.07 Å². The number of ether oxygens (including phenoxy) is 1. The molecule has 0 unspecified atom stereocenters. The standard InChI is InChI=1S/C20H16F6N2O3/c1-31-14-9-7-13(8-10-14)28-17(29)15(16(19(21,22)23)20(24,25)26)27(18(28)30)11-12-5-3-2-4-6-12/h2-10,15-16H,11H2,1H3/t15-/m0/s1. The molecule has 1 aliphatic heterocycles. The Hall–Kier alpha value is -3.24. The molecule has 3 rings (SSSR count). The van der Waals surface area contributed by atoms with Crippen molar-refractivity contribution in [2.45, 2.75) is 24.9 Å². The summed E-state index contributed by atoms with van der Waals surface area (Å²) in [7, 11) is 1.34. The Morgan fingerprint density at radius 2 is 1.45 bits per heavy atom. The number of alkyl halides is 6. The maximum atomic E-state index is 13.5. The van der Waals surface area contributed by atoms with E-state index in [0.29, 0.717) is 15.5 Å². The predicted molar refractivity (Wildman–Crippen MR) is 97.2 cm³/mol. The highest BCUT2D eigenvalue weighted by atomic mass is 19.4. The number of urea groups is 1. The second kappa shape index (κ2) is 8.12. The van der Waals surface area contributed by atoms with Gasteiger partial charge in [-0.05, 0) is 29.8 Å². The van der Waals surface area contributed by atoms with Crippen molar-refractivity contribution >= 4 is 17.6 Å². The van der Waals surface area contributed by atoms with Gasteiger partial charge in [0.05, 0.1) is 12.8 Å². The Balaban J connectivity index is 2.09. The first kappa shape index (κ1) is 22.4. The zero-order chi connectivity index (χ0) is 23.0. The third kappa shape index (κ3) is 4.44. The lowest BCUT2D eigenvalue weighted by Gasteiger charge is -2.31. The van der Waals surface area contributed by atoms with Crippen molar-refractivity contribution in [3.63, 3.8) is 0 Å². The van der Waals surface area contributed by atoms with Crippen LogP contribution >= 0.6 is 0 Å². The van der Waals surface area contributed by atoms with E-state index in [1.165, 1.54) is 55.6 Å². The van der Waals surface area contributed by atoms with Crippen LogP contribution in [0, 0.1) is 5.92 Å². The molecule has 5 nitrogen and oxygen atoms in total. The second-order valence-electron chi connectivity index (χ2n) is 6.77. The second-order valence-corrected chi connectivity index (χ2v) is 6.77. The SMILES string of the molecule is COc1ccc(N2C(=O)[C@H](C(C(F)(F)F)C(F)(F)F)N(Cc3ccccc3)C2=O)cc1. The fourth-order valence-corrected chi connectivity index (χ4v) is 3.39. The summed E-state index contributed by atoms with van der Waals surface area (Å²) < 4.78 is 85.7. The third-order valence-electron chi connectivity index (χ3n) is 4.79. The number of methoxy groups -OCH3 is 1. The van der Waals surface area contributed by atoms with Gasteiger partial charge in [-0.2, -0.15) is 26.3 Å². The van der Waals surface area contributed by atoms with Gasteiger partial charge in [-0.3, -0.25) is 4.79 Å². The highest BCUT2D eigenvalue weighted by molar-refractivity contribution is 6.21. The molecule has 2 aromatic carbocycles. The Morgan fingerprint density at radius 1 is 0.903 bits per heavy atom. The lowest BCUT2D eigenvalue weighted by Crippen LogP contribution is -2.53. The lowest BCUT2D eigenvalue weighted by atomic mass is 9.96. The first-order valence-electron chi connectivity index (χ1n) is 8.91. The Bertz CT molecular complexity index is 930. The zero-order valence-electron chi connectivity index (χ0n) is 15.9. The number of benzene rings is 2. The molecule has 1 heterocycles. The van der Waals surface area contributed by atoms with Crippen LogP contribution in [0.1, 0.15) is 5.56 Å². The topological polar surface area (TPSA) is 49.9 Å². The van der Waals surface area contributed by atoms with Gasteiger partial charge in [0, 0.05) is 6.54 Å². The van der Waals surface area contributed by atoms with Crippen molar-refractivity contribution in [1.29, 1.82) is 0 Å². The molecule has 166 valence electrons. The van der Waals surface area contributed by atoms with Crippen LogP contribution in [0.3, 0.4) is 0 Å². The molecule has 0 aromatic heterocycles. The first-order valence-corrected chi connectivity index (χ1v) is 8.91. The van der Waals surface area contributed by atoms with Gasteiger partial charge >= 0.3 is 18.4 Å². The van der Waals surface area contributed by atoms with E-state index in [1.807, 2.05) is 0 Å². The number of halogens is 6. The monoisotopic (exact) mass is 446 g/mol. The number of anilines is 1. The number of carbonyl (C=O) groups excluding carboxylic acids is 2. The van der Waals surface area contributed by atoms with E-state index >= 15 is 0 Å². The van der Waals surface area contributed by atoms with E-state index in [2.05, 4.69) is 0 Å². The van der Waals surface area contributed by atoms with E-state index in [-0.39, 0.29) is 11.3 Å². The fourth-order valence-electron chi connectivity index (χ4n) is 3.39. The Morgan fingerprint density at radius 3 is 1.94 bits per heavy atom. The van der Waals surface area contributed by atoms with Gasteiger partial charge in [-0.1, -0.05) is 30.3 Å². The molecule has 1 fully saturated rings. The molecule has 0 N–H and O–H groups in total. The van der Waals surface area contributed by atoms with Gasteiger partial charge in [0.1, 0.15) is 11.8 Å². The first-order chi connectivity index (χ1) is 14.4. The average molecular weight is 446 g/mol. The van der Waals surface area contributed by atoms with Crippen molar-refractivity contribution < 1.29 is 40.7 Å². The summed E-state index contributed by atoms with van der Waals surface area (Å²) in [4.78, 5) is 26.4. The molecule has 31 heavy (non-hydrogen) atoms. The van der Waals surface area contributed by atoms with Crippen molar-refractivity contribution in [2.24, 2.45) is 5.92 Å². The quantitative estimate of drug-likeness (QED) is 0.491. The van der Waals surface area contributed by atoms with Gasteiger partial charge in [-0.25, -0.2) is 9.69 Å². The maximum absolute atomic E-state index is 13.5. The molecule has 0 radical (unpaired) electrons. The van der Waals surface area contributed by atoms with E-state index in [4.69, 9.17) is 4.74 Å². The van der Waals surface area contributed by atoms with Crippen LogP contribution in [0.5, 0.6) is 5.75 Å². The van der Waals surface area contributed by atoms with Crippen molar-refractivity contribution in [3.8, 4) is 5.75 Å². The van der Waals surface area contributed by atoms with Gasteiger partial charge in [0.15, 0.2) is 5.92 Å². The molecule has 2 aromatic rings. The van der Waals surface area contributed by atoms with Gasteiger partial charge < -0.3 is 9.64 Å². The highest BCUT2D eigenvalue weighted by Gasteiger charge is 2.67. The predicted octanol–water partition coefficient (Wildman–Crippen LogP) is 4.77. The summed E-state index contributed by atoms with van der Waals surface area (Å²) in [6.07, 6.45) is -11.6. The summed E-state index contributed by atoms with van der Waals surface area (Å²) in [5, 5.41) is 0. The molecule has 0 bridgehead atoms. The maximum Gasteiger partial charge on any atom is 0.403 e. The molecule has 1 saturated heterocycles. The molecule has 3 amide bonds. The van der Waals surface area contributed by atoms with E-state index < -0.39 is 42.8 Å². The van der Waals surface area contributed by atoms with Crippen LogP contribution in [0.25, 0.3) is 0 Å². The minimum absolute atomic E-state index is 0.167. The summed E-state index contributed by atoms with van der Waals surface area (Å²) in [5.41, 5.74) is 0.104. The summed E-state index contributed by atoms with van der Waals surface area (Å²) in [6, 6.07) is 8.47. The Kier molecular flexibility index (Phi) is 5.88. The molecule has 11 heteroatoms. The minimum atomic E-state index is -5.80. The largest absolute Gasteiger partial charge is 0.497 e. The van der Waals surface area contributed by atoms with Crippen LogP contribution < -0.4 is 9.64 Å². The van der Waals surface area contributed by atoms with E-state index in [0.717, 1.165) is 0 Å². The summed E-state index contributed by atoms with van der Waals surface area (Å²) >= 11 is 0. The van der Waals surface area contributed by atoms with Crippen LogP contribution in [0.2, 0.25) is 0 Å². The number of carbonyl (C=O) groups is 2.